The number of rotatable bonds is 8. The van der Waals surface area contributed by atoms with Gasteiger partial charge in [-0.1, -0.05) is 26.7 Å². The summed E-state index contributed by atoms with van der Waals surface area (Å²) in [5, 5.41) is 8.11. The number of nitrogens with zero attached hydrogens (tertiary/aromatic N) is 2. The molecule has 0 saturated carbocycles. The molecule has 1 heterocycles. The maximum absolute atomic E-state index is 6.41. The summed E-state index contributed by atoms with van der Waals surface area (Å²) in [6.07, 6.45) is 2.30. The van der Waals surface area contributed by atoms with Crippen LogP contribution in [0.5, 0.6) is 0 Å². The molecule has 3 nitrogen and oxygen atoms in total. The molecule has 1 aromatic rings. The van der Waals surface area contributed by atoms with Gasteiger partial charge < -0.3 is 5.32 Å². The standard InChI is InChI=1S/C14H26ClN3/c1-5-12(6-2)14(15)10-16-9-13-8-11(4)17-18(13)7-3/h8,12,14,16H,5-7,9-10H2,1-4H3. The van der Waals surface area contributed by atoms with Crippen LogP contribution in [-0.4, -0.2) is 21.7 Å². The third-order valence-corrected chi connectivity index (χ3v) is 4.00. The molecule has 0 amide bonds. The molecule has 104 valence electrons. The third kappa shape index (κ3) is 4.29. The van der Waals surface area contributed by atoms with Crippen LogP contribution in [0.2, 0.25) is 0 Å². The summed E-state index contributed by atoms with van der Waals surface area (Å²) in [6, 6.07) is 2.14. The number of aromatic nitrogens is 2. The van der Waals surface area contributed by atoms with Gasteiger partial charge in [0.2, 0.25) is 0 Å². The molecule has 1 atom stereocenters. The van der Waals surface area contributed by atoms with Crippen LogP contribution in [0, 0.1) is 12.8 Å². The van der Waals surface area contributed by atoms with Crippen LogP contribution in [-0.2, 0) is 13.1 Å². The lowest BCUT2D eigenvalue weighted by Crippen LogP contribution is -2.29. The Kier molecular flexibility index (Phi) is 6.72. The number of alkyl halides is 1. The van der Waals surface area contributed by atoms with Crippen molar-refractivity contribution in [1.82, 2.24) is 15.1 Å². The van der Waals surface area contributed by atoms with Gasteiger partial charge in [0, 0.05) is 25.0 Å². The van der Waals surface area contributed by atoms with Crippen LogP contribution in [0.4, 0.5) is 0 Å². The van der Waals surface area contributed by atoms with Gasteiger partial charge in [-0.05, 0) is 25.8 Å². The first kappa shape index (κ1) is 15.5. The number of halogens is 1. The van der Waals surface area contributed by atoms with Crippen molar-refractivity contribution >= 4 is 11.6 Å². The van der Waals surface area contributed by atoms with Gasteiger partial charge in [0.15, 0.2) is 0 Å². The first-order chi connectivity index (χ1) is 8.62. The lowest BCUT2D eigenvalue weighted by atomic mass is 9.99. The van der Waals surface area contributed by atoms with Crippen molar-refractivity contribution < 1.29 is 0 Å². The van der Waals surface area contributed by atoms with Crippen LogP contribution in [0.3, 0.4) is 0 Å². The molecule has 1 rings (SSSR count). The average Bonchev–Trinajstić information content (AvgIpc) is 2.71. The quantitative estimate of drug-likeness (QED) is 0.735. The average molecular weight is 272 g/mol. The first-order valence-corrected chi connectivity index (χ1v) is 7.44. The summed E-state index contributed by atoms with van der Waals surface area (Å²) in [7, 11) is 0. The predicted octanol–water partition coefficient (Wildman–Crippen LogP) is 3.34. The van der Waals surface area contributed by atoms with Crippen LogP contribution < -0.4 is 5.32 Å². The van der Waals surface area contributed by atoms with Crippen molar-refractivity contribution in [1.29, 1.82) is 0 Å². The first-order valence-electron chi connectivity index (χ1n) is 7.00. The molecular weight excluding hydrogens is 246 g/mol. The summed E-state index contributed by atoms with van der Waals surface area (Å²) in [6.45, 7) is 11.2. The highest BCUT2D eigenvalue weighted by Crippen LogP contribution is 2.17. The Morgan fingerprint density at radius 2 is 2.00 bits per heavy atom. The van der Waals surface area contributed by atoms with Gasteiger partial charge >= 0.3 is 0 Å². The molecule has 0 bridgehead atoms. The Labute approximate surface area is 116 Å². The normalized spacial score (nSPS) is 13.2. The van der Waals surface area contributed by atoms with E-state index < -0.39 is 0 Å². The van der Waals surface area contributed by atoms with Gasteiger partial charge in [-0.25, -0.2) is 0 Å². The minimum atomic E-state index is 0.221. The molecule has 0 fully saturated rings. The molecule has 0 aliphatic rings. The molecule has 1 N–H and O–H groups in total. The molecule has 0 radical (unpaired) electrons. The monoisotopic (exact) mass is 271 g/mol. The van der Waals surface area contributed by atoms with E-state index in [1.165, 1.54) is 5.69 Å². The van der Waals surface area contributed by atoms with E-state index in [4.69, 9.17) is 11.6 Å². The topological polar surface area (TPSA) is 29.9 Å². The van der Waals surface area contributed by atoms with Crippen molar-refractivity contribution in [3.8, 4) is 0 Å². The van der Waals surface area contributed by atoms with Gasteiger partial charge in [-0.2, -0.15) is 5.10 Å². The molecule has 0 aliphatic carbocycles. The number of nitrogens with one attached hydrogen (secondary N) is 1. The Morgan fingerprint density at radius 3 is 2.56 bits per heavy atom. The lowest BCUT2D eigenvalue weighted by molar-refractivity contribution is 0.442. The molecule has 0 saturated heterocycles. The van der Waals surface area contributed by atoms with Crippen molar-refractivity contribution in [2.24, 2.45) is 5.92 Å². The van der Waals surface area contributed by atoms with E-state index >= 15 is 0 Å². The van der Waals surface area contributed by atoms with E-state index in [-0.39, 0.29) is 5.38 Å². The maximum atomic E-state index is 6.41. The molecule has 1 aromatic heterocycles. The van der Waals surface area contributed by atoms with Gasteiger partial charge in [-0.3, -0.25) is 4.68 Å². The van der Waals surface area contributed by atoms with E-state index in [0.717, 1.165) is 38.2 Å². The smallest absolute Gasteiger partial charge is 0.0597 e. The fourth-order valence-corrected chi connectivity index (χ4v) is 2.79. The SMILES string of the molecule is CCC(CC)C(Cl)CNCc1cc(C)nn1CC. The highest BCUT2D eigenvalue weighted by molar-refractivity contribution is 6.21. The minimum absolute atomic E-state index is 0.221. The molecular formula is C14H26ClN3. The molecule has 0 spiro atoms. The van der Waals surface area contributed by atoms with Crippen molar-refractivity contribution in [2.45, 2.75) is 59.0 Å². The van der Waals surface area contributed by atoms with Crippen molar-refractivity contribution in [2.75, 3.05) is 6.54 Å². The van der Waals surface area contributed by atoms with Crippen LogP contribution in [0.25, 0.3) is 0 Å². The van der Waals surface area contributed by atoms with Crippen molar-refractivity contribution in [3.05, 3.63) is 17.5 Å². The van der Waals surface area contributed by atoms with Crippen LogP contribution in [0.15, 0.2) is 6.07 Å². The van der Waals surface area contributed by atoms with Gasteiger partial charge in [-0.15, -0.1) is 11.6 Å². The minimum Gasteiger partial charge on any atom is -0.310 e. The maximum Gasteiger partial charge on any atom is 0.0597 e. The zero-order chi connectivity index (χ0) is 13.5. The Bertz CT molecular complexity index is 345. The van der Waals surface area contributed by atoms with Crippen LogP contribution in [0.1, 0.15) is 45.0 Å². The Morgan fingerprint density at radius 1 is 1.33 bits per heavy atom. The second kappa shape index (κ2) is 7.80. The second-order valence-corrected chi connectivity index (χ2v) is 5.38. The molecule has 4 heteroatoms. The molecule has 0 aliphatic heterocycles. The summed E-state index contributed by atoms with van der Waals surface area (Å²) in [4.78, 5) is 0. The molecule has 0 aromatic carbocycles. The lowest BCUT2D eigenvalue weighted by Gasteiger charge is -2.19. The largest absolute Gasteiger partial charge is 0.310 e. The highest BCUT2D eigenvalue weighted by Gasteiger charge is 2.15. The van der Waals surface area contributed by atoms with E-state index in [2.05, 4.69) is 37.3 Å². The summed E-state index contributed by atoms with van der Waals surface area (Å²) >= 11 is 6.41. The number of hydrogen-bond acceptors (Lipinski definition) is 2. The number of hydrogen-bond donors (Lipinski definition) is 1. The fourth-order valence-electron chi connectivity index (χ4n) is 2.32. The zero-order valence-corrected chi connectivity index (χ0v) is 12.8. The van der Waals surface area contributed by atoms with E-state index in [1.54, 1.807) is 0 Å². The van der Waals surface area contributed by atoms with Gasteiger partial charge in [0.05, 0.1) is 11.4 Å². The van der Waals surface area contributed by atoms with E-state index in [1.807, 2.05) is 11.6 Å². The summed E-state index contributed by atoms with van der Waals surface area (Å²) in [5.41, 5.74) is 2.32. The van der Waals surface area contributed by atoms with E-state index in [9.17, 15) is 0 Å². The summed E-state index contributed by atoms with van der Waals surface area (Å²) in [5.74, 6) is 0.608. The van der Waals surface area contributed by atoms with Crippen LogP contribution >= 0.6 is 11.6 Å². The van der Waals surface area contributed by atoms with E-state index in [0.29, 0.717) is 5.92 Å². The van der Waals surface area contributed by atoms with Crippen molar-refractivity contribution in [3.63, 3.8) is 0 Å². The Hall–Kier alpha value is -0.540. The zero-order valence-electron chi connectivity index (χ0n) is 12.0. The fraction of sp³-hybridized carbons (Fsp3) is 0.786. The predicted molar refractivity (Wildman–Crippen MR) is 78.1 cm³/mol. The Balaban J connectivity index is 2.41. The van der Waals surface area contributed by atoms with Gasteiger partial charge in [0.25, 0.3) is 0 Å². The second-order valence-electron chi connectivity index (χ2n) is 4.82. The number of aryl methyl sites for hydroxylation is 2. The third-order valence-electron chi connectivity index (χ3n) is 3.49. The molecule has 1 unspecified atom stereocenters. The van der Waals surface area contributed by atoms with Gasteiger partial charge in [0.1, 0.15) is 0 Å². The molecule has 18 heavy (non-hydrogen) atoms. The highest BCUT2D eigenvalue weighted by atomic mass is 35.5. The summed E-state index contributed by atoms with van der Waals surface area (Å²) < 4.78 is 2.04.